The number of carbonyl (C=O) groups excluding carboxylic acids is 6. The minimum atomic E-state index is -1.44. The Bertz CT molecular complexity index is 1080. The largest absolute Gasteiger partial charge is 0.394 e. The van der Waals surface area contributed by atoms with Crippen molar-refractivity contribution in [3.05, 3.63) is 0 Å². The van der Waals surface area contributed by atoms with Crippen LogP contribution >= 0.6 is 0 Å². The first kappa shape index (κ1) is 40.2. The van der Waals surface area contributed by atoms with Crippen LogP contribution < -0.4 is 38.5 Å². The molecule has 46 heavy (non-hydrogen) atoms. The van der Waals surface area contributed by atoms with Crippen LogP contribution in [0.2, 0.25) is 0 Å². The van der Waals surface area contributed by atoms with Gasteiger partial charge in [0.25, 0.3) is 0 Å². The van der Waals surface area contributed by atoms with Gasteiger partial charge in [-0.3, -0.25) is 29.0 Å². The Balaban J connectivity index is 2.95. The maximum absolute atomic E-state index is 13.3. The van der Waals surface area contributed by atoms with Gasteiger partial charge in [0.1, 0.15) is 36.5 Å². The van der Waals surface area contributed by atoms with Gasteiger partial charge in [-0.05, 0) is 44.4 Å². The van der Waals surface area contributed by atoms with Gasteiger partial charge in [-0.1, -0.05) is 34.1 Å². The Morgan fingerprint density at radius 3 is 2.11 bits per heavy atom. The van der Waals surface area contributed by atoms with E-state index < -0.39 is 84.4 Å². The number of nitrogens with one attached hydrogen (secondary N) is 4. The summed E-state index contributed by atoms with van der Waals surface area (Å²) in [5.41, 5.74) is 16.7. The standard InChI is InChI=1S/C29H53N9O8/c1-6-16(4)23(27(45)34-19(13-39)17(5)41)37-26(44)22(15(2)3)36-24(42)20(14-40)35-25(43)21-10-8-12-38(21)28(46)18(30)9-7-11-33-29(31)32/h13,15-23,40-41H,6-12,14,30H2,1-5H3,(H,34,45)(H,35,43)(H,36,42)(H,37,44)(H4,31,32,33)/t16-,17+,18-,19+,20-,21-,22-,23-/m0/s1. The van der Waals surface area contributed by atoms with Gasteiger partial charge in [-0.2, -0.15) is 0 Å². The fraction of sp³-hybridized carbons (Fsp3) is 0.759. The molecule has 0 radical (unpaired) electrons. The number of carbonyl (C=O) groups is 6. The van der Waals surface area contributed by atoms with Gasteiger partial charge in [-0.15, -0.1) is 0 Å². The summed E-state index contributed by atoms with van der Waals surface area (Å²) in [7, 11) is 0. The first-order valence-electron chi connectivity index (χ1n) is 15.7. The van der Waals surface area contributed by atoms with Gasteiger partial charge >= 0.3 is 0 Å². The molecule has 0 aromatic heterocycles. The second kappa shape index (κ2) is 19.6. The number of aliphatic imine (C=N–C) groups is 1. The Kier molecular flexibility index (Phi) is 17.2. The highest BCUT2D eigenvalue weighted by molar-refractivity contribution is 5.96. The van der Waals surface area contributed by atoms with Crippen molar-refractivity contribution in [2.75, 3.05) is 19.7 Å². The number of aliphatic hydroxyl groups is 2. The van der Waals surface area contributed by atoms with Crippen LogP contribution in [0, 0.1) is 11.8 Å². The molecule has 0 bridgehead atoms. The smallest absolute Gasteiger partial charge is 0.245 e. The lowest BCUT2D eigenvalue weighted by atomic mass is 9.96. The molecule has 5 amide bonds. The summed E-state index contributed by atoms with van der Waals surface area (Å²) >= 11 is 0. The molecule has 1 aliphatic rings. The van der Waals surface area contributed by atoms with Gasteiger partial charge < -0.3 is 58.4 Å². The Morgan fingerprint density at radius 1 is 0.978 bits per heavy atom. The predicted octanol–water partition coefficient (Wildman–Crippen LogP) is -3.43. The van der Waals surface area contributed by atoms with Gasteiger partial charge in [0, 0.05) is 13.1 Å². The number of nitrogens with two attached hydrogens (primary N) is 3. The van der Waals surface area contributed by atoms with E-state index in [1.165, 1.54) is 11.8 Å². The third kappa shape index (κ3) is 12.2. The zero-order chi connectivity index (χ0) is 35.1. The van der Waals surface area contributed by atoms with E-state index in [4.69, 9.17) is 17.2 Å². The normalized spacial score (nSPS) is 19.1. The van der Waals surface area contributed by atoms with Crippen LogP contribution in [0.3, 0.4) is 0 Å². The summed E-state index contributed by atoms with van der Waals surface area (Å²) in [5.74, 6) is -4.24. The van der Waals surface area contributed by atoms with Gasteiger partial charge in [0.05, 0.1) is 18.8 Å². The second-order valence-corrected chi connectivity index (χ2v) is 12.0. The summed E-state index contributed by atoms with van der Waals surface area (Å²) in [6, 6.07) is -6.67. The van der Waals surface area contributed by atoms with E-state index in [2.05, 4.69) is 26.3 Å². The molecule has 1 rings (SSSR count). The van der Waals surface area contributed by atoms with Crippen molar-refractivity contribution in [3.8, 4) is 0 Å². The molecule has 17 heteroatoms. The van der Waals surface area contributed by atoms with Gasteiger partial charge in [0.15, 0.2) is 5.96 Å². The predicted molar refractivity (Wildman–Crippen MR) is 169 cm³/mol. The van der Waals surface area contributed by atoms with E-state index in [1.807, 2.05) is 0 Å². The van der Waals surface area contributed by atoms with E-state index >= 15 is 0 Å². The zero-order valence-corrected chi connectivity index (χ0v) is 27.4. The van der Waals surface area contributed by atoms with Gasteiger partial charge in [-0.25, -0.2) is 0 Å². The number of amides is 5. The Labute approximate surface area is 269 Å². The zero-order valence-electron chi connectivity index (χ0n) is 27.4. The summed E-state index contributed by atoms with van der Waals surface area (Å²) in [5, 5.41) is 29.8. The van der Waals surface area contributed by atoms with Gasteiger partial charge in [0.2, 0.25) is 29.5 Å². The average Bonchev–Trinajstić information content (AvgIpc) is 3.50. The monoisotopic (exact) mass is 655 g/mol. The van der Waals surface area contributed by atoms with Crippen molar-refractivity contribution in [2.24, 2.45) is 34.0 Å². The minimum absolute atomic E-state index is 0.0700. The molecule has 12 N–H and O–H groups in total. The van der Waals surface area contributed by atoms with Crippen LogP contribution in [0.15, 0.2) is 4.99 Å². The molecule has 262 valence electrons. The molecule has 0 spiro atoms. The van der Waals surface area contributed by atoms with Crippen LogP contribution in [0.4, 0.5) is 0 Å². The molecule has 0 saturated carbocycles. The molecular weight excluding hydrogens is 602 g/mol. The molecule has 0 aromatic carbocycles. The van der Waals surface area contributed by atoms with Crippen LogP contribution in [-0.2, 0) is 28.8 Å². The van der Waals surface area contributed by atoms with E-state index in [0.29, 0.717) is 51.5 Å². The maximum Gasteiger partial charge on any atom is 0.245 e. The van der Waals surface area contributed by atoms with Crippen molar-refractivity contribution in [3.63, 3.8) is 0 Å². The van der Waals surface area contributed by atoms with Crippen LogP contribution in [-0.4, -0.2) is 119 Å². The lowest BCUT2D eigenvalue weighted by Crippen LogP contribution is -2.61. The maximum atomic E-state index is 13.3. The number of rotatable bonds is 19. The number of likely N-dealkylation sites (tertiary alicyclic amines) is 1. The number of aldehydes is 1. The molecule has 0 aliphatic carbocycles. The molecule has 17 nitrogen and oxygen atoms in total. The van der Waals surface area contributed by atoms with Crippen molar-refractivity contribution < 1.29 is 39.0 Å². The SMILES string of the molecule is CC[C@H](C)[C@H](NC(=O)[C@@H](NC(=O)[C@H](CO)NC(=O)[C@@H]1CCCN1C(=O)[C@@H](N)CCCN=C(N)N)C(C)C)C(=O)N[C@H](C=O)[C@@H](C)O. The van der Waals surface area contributed by atoms with E-state index in [-0.39, 0.29) is 11.9 Å². The molecule has 1 fully saturated rings. The lowest BCUT2D eigenvalue weighted by Gasteiger charge is -2.30. The topological polar surface area (TPSA) is 285 Å². The number of hydrogen-bond donors (Lipinski definition) is 9. The first-order valence-corrected chi connectivity index (χ1v) is 15.7. The molecule has 0 aromatic rings. The van der Waals surface area contributed by atoms with Crippen molar-refractivity contribution in [1.82, 2.24) is 26.2 Å². The van der Waals surface area contributed by atoms with E-state index in [1.54, 1.807) is 27.7 Å². The molecule has 0 unspecified atom stereocenters. The van der Waals surface area contributed by atoms with Crippen LogP contribution in [0.1, 0.15) is 66.7 Å². The van der Waals surface area contributed by atoms with Crippen molar-refractivity contribution in [2.45, 2.75) is 109 Å². The molecule has 1 aliphatic heterocycles. The lowest BCUT2D eigenvalue weighted by molar-refractivity contribution is -0.141. The summed E-state index contributed by atoms with van der Waals surface area (Å²) in [6.07, 6.45) is 1.33. The molecule has 8 atom stereocenters. The number of hydrogen-bond acceptors (Lipinski definition) is 10. The Hall–Kier alpha value is -3.83. The number of guanidine groups is 1. The van der Waals surface area contributed by atoms with Crippen LogP contribution in [0.5, 0.6) is 0 Å². The number of nitrogens with zero attached hydrogens (tertiary/aromatic N) is 2. The molecule has 1 heterocycles. The average molecular weight is 656 g/mol. The van der Waals surface area contributed by atoms with E-state index in [9.17, 15) is 39.0 Å². The fourth-order valence-electron chi connectivity index (χ4n) is 4.88. The quantitative estimate of drug-likeness (QED) is 0.0286. The summed E-state index contributed by atoms with van der Waals surface area (Å²) in [6.45, 7) is 7.99. The highest BCUT2D eigenvalue weighted by atomic mass is 16.3. The first-order chi connectivity index (χ1) is 21.6. The number of aliphatic hydroxyl groups excluding tert-OH is 2. The third-order valence-electron chi connectivity index (χ3n) is 7.95. The van der Waals surface area contributed by atoms with E-state index in [0.717, 1.165) is 0 Å². The highest BCUT2D eigenvalue weighted by Crippen LogP contribution is 2.19. The molecule has 1 saturated heterocycles. The van der Waals surface area contributed by atoms with Crippen molar-refractivity contribution >= 4 is 41.8 Å². The summed E-state index contributed by atoms with van der Waals surface area (Å²) < 4.78 is 0. The summed E-state index contributed by atoms with van der Waals surface area (Å²) in [4.78, 5) is 82.2. The minimum Gasteiger partial charge on any atom is -0.394 e. The second-order valence-electron chi connectivity index (χ2n) is 12.0. The van der Waals surface area contributed by atoms with Crippen molar-refractivity contribution in [1.29, 1.82) is 0 Å². The highest BCUT2D eigenvalue weighted by Gasteiger charge is 2.38. The van der Waals surface area contributed by atoms with Crippen LogP contribution in [0.25, 0.3) is 0 Å². The fourth-order valence-corrected chi connectivity index (χ4v) is 4.88. The Morgan fingerprint density at radius 2 is 1.59 bits per heavy atom. The third-order valence-corrected chi connectivity index (χ3v) is 7.95. The molecular formula is C29H53N9O8.